The summed E-state index contributed by atoms with van der Waals surface area (Å²) in [6.45, 7) is 0. The highest BCUT2D eigenvalue weighted by Gasteiger charge is 1.91. The summed E-state index contributed by atoms with van der Waals surface area (Å²) in [7, 11) is 5.65. The average Bonchev–Trinajstić information content (AvgIpc) is 1.91. The molecule has 1 aromatic rings. The van der Waals surface area contributed by atoms with Crippen molar-refractivity contribution in [3.8, 4) is 0 Å². The van der Waals surface area contributed by atoms with Gasteiger partial charge in [0.25, 0.3) is 0 Å². The Morgan fingerprint density at radius 2 is 2.11 bits per heavy atom. The van der Waals surface area contributed by atoms with Crippen molar-refractivity contribution in [3.63, 3.8) is 0 Å². The Morgan fingerprint density at radius 3 is 2.67 bits per heavy atom. The summed E-state index contributed by atoms with van der Waals surface area (Å²) in [4.78, 5) is 3.90. The molecular formula is C6H6ClMgN. The van der Waals surface area contributed by atoms with E-state index in [1.165, 1.54) is 5.56 Å². The Hall–Kier alpha value is 0.206. The minimum atomic E-state index is -0.340. The van der Waals surface area contributed by atoms with Crippen molar-refractivity contribution in [2.24, 2.45) is 0 Å². The summed E-state index contributed by atoms with van der Waals surface area (Å²) in [5, 5.41) is 0. The zero-order valence-electron chi connectivity index (χ0n) is 5.05. The Kier molecular flexibility index (Phi) is 3.33. The van der Waals surface area contributed by atoms with E-state index in [9.17, 15) is 0 Å². The number of pyridine rings is 1. The van der Waals surface area contributed by atoms with E-state index in [2.05, 4.69) is 4.98 Å². The molecule has 0 saturated heterocycles. The summed E-state index contributed by atoms with van der Waals surface area (Å²) >= 11 is -0.340. The number of hydrogen-bond acceptors (Lipinski definition) is 1. The molecule has 0 saturated carbocycles. The van der Waals surface area contributed by atoms with Crippen LogP contribution in [0.5, 0.6) is 0 Å². The van der Waals surface area contributed by atoms with Crippen molar-refractivity contribution in [1.82, 2.24) is 4.98 Å². The third kappa shape index (κ3) is 2.52. The molecule has 0 radical (unpaired) electrons. The van der Waals surface area contributed by atoms with E-state index in [1.807, 2.05) is 12.1 Å². The second-order valence-corrected chi connectivity index (χ2v) is 3.81. The first-order valence-corrected chi connectivity index (χ1v) is 6.02. The third-order valence-corrected chi connectivity index (χ3v) is 2.47. The van der Waals surface area contributed by atoms with Gasteiger partial charge in [0.2, 0.25) is 0 Å². The number of nitrogens with zero attached hydrogens (tertiary/aromatic N) is 1. The van der Waals surface area contributed by atoms with Crippen LogP contribution in [0.3, 0.4) is 0 Å². The highest BCUT2D eigenvalue weighted by molar-refractivity contribution is 6.93. The number of hydrogen-bond donors (Lipinski definition) is 0. The normalized spacial score (nSPS) is 8.56. The van der Waals surface area contributed by atoms with Crippen LogP contribution < -0.4 is 0 Å². The van der Waals surface area contributed by atoms with Crippen LogP contribution in [-0.4, -0.2) is 24.2 Å². The molecule has 0 aliphatic carbocycles. The van der Waals surface area contributed by atoms with E-state index >= 15 is 0 Å². The van der Waals surface area contributed by atoms with Gasteiger partial charge in [-0.25, -0.2) is 0 Å². The van der Waals surface area contributed by atoms with Gasteiger partial charge in [-0.15, -0.1) is 0 Å². The second-order valence-electron chi connectivity index (χ2n) is 1.79. The molecule has 0 aromatic carbocycles. The molecule has 0 atom stereocenters. The number of aromatic nitrogens is 1. The van der Waals surface area contributed by atoms with Crippen molar-refractivity contribution in [1.29, 1.82) is 0 Å². The summed E-state index contributed by atoms with van der Waals surface area (Å²) in [6, 6.07) is 4.02. The highest BCUT2D eigenvalue weighted by atomic mass is 35.5. The van der Waals surface area contributed by atoms with Gasteiger partial charge in [-0.1, -0.05) is 10.1 Å². The van der Waals surface area contributed by atoms with Gasteiger partial charge in [-0.3, -0.25) is 4.98 Å². The van der Waals surface area contributed by atoms with Crippen LogP contribution in [0.2, 0.25) is 0 Å². The fourth-order valence-electron chi connectivity index (χ4n) is 0.659. The summed E-state index contributed by atoms with van der Waals surface area (Å²) in [5.74, 6) is 0. The third-order valence-electron chi connectivity index (χ3n) is 1.13. The van der Waals surface area contributed by atoms with Gasteiger partial charge >= 0.3 is 19.3 Å². The SMILES string of the molecule is [Cl][Mg][CH2]c1ccncc1. The predicted molar refractivity (Wildman–Crippen MR) is 39.5 cm³/mol. The van der Waals surface area contributed by atoms with Gasteiger partial charge in [-0.05, 0) is 12.1 Å². The first-order valence-electron chi connectivity index (χ1n) is 2.88. The summed E-state index contributed by atoms with van der Waals surface area (Å²) in [5.41, 5.74) is 1.31. The first-order chi connectivity index (χ1) is 4.43. The Balaban J connectivity index is 2.61. The molecule has 1 heterocycles. The van der Waals surface area contributed by atoms with Crippen LogP contribution in [-0.2, 0) is 4.55 Å². The molecule has 0 unspecified atom stereocenters. The second kappa shape index (κ2) is 4.09. The molecule has 0 fully saturated rings. The number of rotatable bonds is 2. The maximum absolute atomic E-state index is 5.65. The van der Waals surface area contributed by atoms with Gasteiger partial charge in [0.1, 0.15) is 0 Å². The average molecular weight is 152 g/mol. The van der Waals surface area contributed by atoms with Gasteiger partial charge < -0.3 is 9.07 Å². The van der Waals surface area contributed by atoms with Crippen molar-refractivity contribution in [2.75, 3.05) is 0 Å². The molecule has 0 aliphatic rings. The molecule has 0 spiro atoms. The minimum Gasteiger partial charge on any atom is -0.345 e. The largest absolute Gasteiger partial charge is 0.505 e. The Bertz CT molecular complexity index is 166. The molecule has 44 valence electrons. The van der Waals surface area contributed by atoms with Crippen LogP contribution >= 0.6 is 9.07 Å². The van der Waals surface area contributed by atoms with Crippen molar-refractivity contribution in [2.45, 2.75) is 4.55 Å². The van der Waals surface area contributed by atoms with Crippen molar-refractivity contribution >= 4 is 28.3 Å². The lowest BCUT2D eigenvalue weighted by atomic mass is 10.3. The Labute approximate surface area is 67.9 Å². The maximum Gasteiger partial charge on any atom is 0.505 e. The smallest absolute Gasteiger partial charge is 0.345 e. The minimum absolute atomic E-state index is 0.340. The molecule has 1 rings (SSSR count). The predicted octanol–water partition coefficient (Wildman–Crippen LogP) is 1.44. The Morgan fingerprint density at radius 1 is 1.44 bits per heavy atom. The molecule has 0 bridgehead atoms. The molecular weight excluding hydrogens is 146 g/mol. The lowest BCUT2D eigenvalue weighted by molar-refractivity contribution is 1.27. The molecule has 0 amide bonds. The van der Waals surface area contributed by atoms with E-state index in [-0.39, 0.29) is 19.3 Å². The van der Waals surface area contributed by atoms with Gasteiger partial charge in [-0.2, -0.15) is 0 Å². The topological polar surface area (TPSA) is 12.9 Å². The van der Waals surface area contributed by atoms with Crippen LogP contribution in [0, 0.1) is 0 Å². The van der Waals surface area contributed by atoms with Crippen LogP contribution in [0.25, 0.3) is 0 Å². The number of halogens is 1. The zero-order chi connectivity index (χ0) is 6.53. The van der Waals surface area contributed by atoms with Gasteiger partial charge in [0.15, 0.2) is 0 Å². The van der Waals surface area contributed by atoms with Crippen molar-refractivity contribution < 1.29 is 0 Å². The molecule has 1 nitrogen and oxygen atoms in total. The van der Waals surface area contributed by atoms with E-state index in [4.69, 9.17) is 9.07 Å². The summed E-state index contributed by atoms with van der Waals surface area (Å²) in [6.07, 6.45) is 3.60. The fourth-order valence-corrected chi connectivity index (χ4v) is 1.86. The van der Waals surface area contributed by atoms with Crippen molar-refractivity contribution in [3.05, 3.63) is 30.1 Å². The molecule has 9 heavy (non-hydrogen) atoms. The molecule has 1 aromatic heterocycles. The van der Waals surface area contributed by atoms with Crippen LogP contribution in [0.4, 0.5) is 0 Å². The zero-order valence-corrected chi connectivity index (χ0v) is 7.22. The lowest BCUT2D eigenvalue weighted by Crippen LogP contribution is -1.87. The van der Waals surface area contributed by atoms with E-state index in [0.29, 0.717) is 0 Å². The van der Waals surface area contributed by atoms with E-state index in [1.54, 1.807) is 12.4 Å². The summed E-state index contributed by atoms with van der Waals surface area (Å²) < 4.78 is 1.07. The standard InChI is InChI=1S/C6H6N.ClH.Mg/c1-6-2-4-7-5-3-6;;/h2-5H,1H2;1H;/q;;+1/p-1. The molecule has 0 aliphatic heterocycles. The van der Waals surface area contributed by atoms with Gasteiger partial charge in [0.05, 0.1) is 0 Å². The van der Waals surface area contributed by atoms with Gasteiger partial charge in [0, 0.05) is 12.4 Å². The van der Waals surface area contributed by atoms with Crippen LogP contribution in [0.15, 0.2) is 24.5 Å². The molecule has 3 heteroatoms. The first kappa shape index (κ1) is 7.31. The van der Waals surface area contributed by atoms with E-state index < -0.39 is 0 Å². The van der Waals surface area contributed by atoms with E-state index in [0.717, 1.165) is 4.55 Å². The highest BCUT2D eigenvalue weighted by Crippen LogP contribution is 1.96. The van der Waals surface area contributed by atoms with Crippen LogP contribution in [0.1, 0.15) is 5.56 Å². The quantitative estimate of drug-likeness (QED) is 0.584. The fraction of sp³-hybridized carbons (Fsp3) is 0.167. The lowest BCUT2D eigenvalue weighted by Gasteiger charge is -1.91. The maximum atomic E-state index is 5.65. The molecule has 0 N–H and O–H groups in total. The monoisotopic (exact) mass is 151 g/mol.